The Morgan fingerprint density at radius 1 is 1.24 bits per heavy atom. The number of benzene rings is 1. The molecule has 0 aliphatic heterocycles. The van der Waals surface area contributed by atoms with Gasteiger partial charge in [0.25, 0.3) is 0 Å². The Balaban J connectivity index is 2.41. The van der Waals surface area contributed by atoms with Crippen molar-refractivity contribution in [3.05, 3.63) is 35.9 Å². The van der Waals surface area contributed by atoms with Crippen LogP contribution in [0.1, 0.15) is 64.5 Å². The minimum atomic E-state index is -1.26. The molecule has 0 saturated heterocycles. The van der Waals surface area contributed by atoms with Crippen molar-refractivity contribution in [3.63, 3.8) is 0 Å². The van der Waals surface area contributed by atoms with Gasteiger partial charge in [0, 0.05) is 6.42 Å². The van der Waals surface area contributed by atoms with Gasteiger partial charge in [-0.3, -0.25) is 4.79 Å². The molecule has 0 spiro atoms. The lowest BCUT2D eigenvalue weighted by Crippen LogP contribution is -2.46. The fourth-order valence-corrected chi connectivity index (χ4v) is 3.28. The molecule has 1 aromatic carbocycles. The van der Waals surface area contributed by atoms with Gasteiger partial charge in [-0.1, -0.05) is 43.2 Å². The van der Waals surface area contributed by atoms with Crippen LogP contribution in [0.3, 0.4) is 0 Å². The zero-order valence-corrected chi connectivity index (χ0v) is 15.2. The second kappa shape index (κ2) is 7.69. The van der Waals surface area contributed by atoms with Crippen molar-refractivity contribution in [2.45, 2.75) is 64.5 Å². The number of hydrogen-bond donors (Lipinski definition) is 1. The number of ether oxygens (including phenoxy) is 1. The average molecular weight is 342 g/mol. The molecule has 1 N–H and O–H groups in total. The van der Waals surface area contributed by atoms with Gasteiger partial charge in [-0.2, -0.15) is 5.26 Å². The molecule has 134 valence electrons. The summed E-state index contributed by atoms with van der Waals surface area (Å²) in [5.41, 5.74) is -1.17. The number of amides is 1. The van der Waals surface area contributed by atoms with Gasteiger partial charge in [0.15, 0.2) is 5.78 Å². The third kappa shape index (κ3) is 4.60. The van der Waals surface area contributed by atoms with E-state index in [1.165, 1.54) is 0 Å². The molecule has 1 amide bonds. The van der Waals surface area contributed by atoms with Crippen molar-refractivity contribution in [2.24, 2.45) is 5.41 Å². The predicted octanol–water partition coefficient (Wildman–Crippen LogP) is 4.30. The standard InChI is InChI=1S/C20H26N2O3/c1-19(2,3)25-18(24)22-17(15-10-6-4-7-11-15)20(14-21)13-9-5-8-12-16(20)23/h4,6-7,10-11,17H,5,8-9,12-13H2,1-3H3,(H,22,24)/t17-,20?/m0/s1. The van der Waals surface area contributed by atoms with Crippen LogP contribution in [0.25, 0.3) is 0 Å². The number of alkyl carbamates (subject to hydrolysis) is 1. The van der Waals surface area contributed by atoms with Crippen LogP contribution < -0.4 is 5.32 Å². The molecule has 1 fully saturated rings. The third-order valence-electron chi connectivity index (χ3n) is 4.46. The number of Topliss-reactive ketones (excluding diaryl/α,β-unsaturated/α-hetero) is 1. The Kier molecular flexibility index (Phi) is 5.84. The lowest BCUT2D eigenvalue weighted by Gasteiger charge is -2.34. The Labute approximate surface area is 149 Å². The van der Waals surface area contributed by atoms with E-state index in [-0.39, 0.29) is 5.78 Å². The molecular formula is C20H26N2O3. The molecular weight excluding hydrogens is 316 g/mol. The number of nitrogens with zero attached hydrogens (tertiary/aromatic N) is 1. The number of carbonyl (C=O) groups is 2. The zero-order valence-electron chi connectivity index (χ0n) is 15.2. The fourth-order valence-electron chi connectivity index (χ4n) is 3.28. The van der Waals surface area contributed by atoms with Gasteiger partial charge in [-0.05, 0) is 39.2 Å². The Bertz CT molecular complexity index is 658. The fraction of sp³-hybridized carbons (Fsp3) is 0.550. The lowest BCUT2D eigenvalue weighted by molar-refractivity contribution is -0.127. The average Bonchev–Trinajstić information content (AvgIpc) is 2.74. The summed E-state index contributed by atoms with van der Waals surface area (Å²) in [6, 6.07) is 10.7. The van der Waals surface area contributed by atoms with Crippen molar-refractivity contribution in [2.75, 3.05) is 0 Å². The highest BCUT2D eigenvalue weighted by Gasteiger charge is 2.47. The summed E-state index contributed by atoms with van der Waals surface area (Å²) in [6.07, 6.45) is 2.69. The lowest BCUT2D eigenvalue weighted by atomic mass is 9.71. The van der Waals surface area contributed by atoms with E-state index in [1.54, 1.807) is 20.8 Å². The summed E-state index contributed by atoms with van der Waals surface area (Å²) in [6.45, 7) is 5.34. The molecule has 0 bridgehead atoms. The van der Waals surface area contributed by atoms with E-state index in [1.807, 2.05) is 30.3 Å². The Hall–Kier alpha value is -2.35. The molecule has 0 aromatic heterocycles. The van der Waals surface area contributed by atoms with Gasteiger partial charge >= 0.3 is 6.09 Å². The number of nitriles is 1. The Morgan fingerprint density at radius 3 is 2.52 bits per heavy atom. The first kappa shape index (κ1) is 19.0. The van der Waals surface area contributed by atoms with Crippen molar-refractivity contribution in [1.82, 2.24) is 5.32 Å². The van der Waals surface area contributed by atoms with Gasteiger partial charge < -0.3 is 10.1 Å². The minimum Gasteiger partial charge on any atom is -0.444 e. The molecule has 1 unspecified atom stereocenters. The molecule has 5 heteroatoms. The summed E-state index contributed by atoms with van der Waals surface area (Å²) < 4.78 is 5.37. The highest BCUT2D eigenvalue weighted by atomic mass is 16.6. The maximum Gasteiger partial charge on any atom is 0.408 e. The van der Waals surface area contributed by atoms with Crippen LogP contribution in [0.5, 0.6) is 0 Å². The summed E-state index contributed by atoms with van der Waals surface area (Å²) in [5.74, 6) is -0.0996. The molecule has 2 rings (SSSR count). The zero-order chi connectivity index (χ0) is 18.5. The van der Waals surface area contributed by atoms with Crippen LogP contribution in [0.2, 0.25) is 0 Å². The maximum absolute atomic E-state index is 12.8. The summed E-state index contributed by atoms with van der Waals surface area (Å²) in [5, 5.41) is 12.8. The normalized spacial score (nSPS) is 22.4. The van der Waals surface area contributed by atoms with Crippen LogP contribution in [-0.2, 0) is 9.53 Å². The molecule has 25 heavy (non-hydrogen) atoms. The first-order valence-corrected chi connectivity index (χ1v) is 8.77. The van der Waals surface area contributed by atoms with Gasteiger partial charge in [0.2, 0.25) is 0 Å². The van der Waals surface area contributed by atoms with E-state index in [9.17, 15) is 14.9 Å². The largest absolute Gasteiger partial charge is 0.444 e. The van der Waals surface area contributed by atoms with E-state index < -0.39 is 23.2 Å². The highest BCUT2D eigenvalue weighted by molar-refractivity contribution is 5.89. The van der Waals surface area contributed by atoms with E-state index in [4.69, 9.17) is 4.74 Å². The molecule has 0 heterocycles. The molecule has 1 aliphatic carbocycles. The van der Waals surface area contributed by atoms with Gasteiger partial charge in [-0.15, -0.1) is 0 Å². The first-order valence-electron chi connectivity index (χ1n) is 8.77. The Morgan fingerprint density at radius 2 is 1.92 bits per heavy atom. The number of ketones is 1. The van der Waals surface area contributed by atoms with Gasteiger partial charge in [-0.25, -0.2) is 4.79 Å². The van der Waals surface area contributed by atoms with Crippen LogP contribution in [0.15, 0.2) is 30.3 Å². The van der Waals surface area contributed by atoms with E-state index in [0.29, 0.717) is 12.8 Å². The molecule has 1 aliphatic rings. The predicted molar refractivity (Wildman–Crippen MR) is 94.7 cm³/mol. The van der Waals surface area contributed by atoms with E-state index in [0.717, 1.165) is 24.8 Å². The van der Waals surface area contributed by atoms with Gasteiger partial charge in [0.05, 0.1) is 12.1 Å². The van der Waals surface area contributed by atoms with E-state index in [2.05, 4.69) is 11.4 Å². The second-order valence-corrected chi connectivity index (χ2v) is 7.56. The summed E-state index contributed by atoms with van der Waals surface area (Å²) in [7, 11) is 0. The van der Waals surface area contributed by atoms with E-state index >= 15 is 0 Å². The summed E-state index contributed by atoms with van der Waals surface area (Å²) in [4.78, 5) is 25.2. The quantitative estimate of drug-likeness (QED) is 0.831. The number of hydrogen-bond acceptors (Lipinski definition) is 4. The molecule has 1 aromatic rings. The van der Waals surface area contributed by atoms with Gasteiger partial charge in [0.1, 0.15) is 11.0 Å². The van der Waals surface area contributed by atoms with Crippen molar-refractivity contribution < 1.29 is 14.3 Å². The highest BCUT2D eigenvalue weighted by Crippen LogP contribution is 2.42. The van der Waals surface area contributed by atoms with Crippen LogP contribution >= 0.6 is 0 Å². The topological polar surface area (TPSA) is 79.2 Å². The molecule has 0 radical (unpaired) electrons. The number of carbonyl (C=O) groups excluding carboxylic acids is 2. The van der Waals surface area contributed by atoms with Crippen LogP contribution in [0.4, 0.5) is 4.79 Å². The molecule has 2 atom stereocenters. The molecule has 1 saturated carbocycles. The van der Waals surface area contributed by atoms with Crippen molar-refractivity contribution in [3.8, 4) is 6.07 Å². The number of nitrogens with one attached hydrogen (secondary N) is 1. The SMILES string of the molecule is CC(C)(C)OC(=O)N[C@@H](c1ccccc1)C1(C#N)CCCCCC1=O. The smallest absolute Gasteiger partial charge is 0.408 e. The first-order chi connectivity index (χ1) is 11.8. The van der Waals surface area contributed by atoms with Crippen LogP contribution in [-0.4, -0.2) is 17.5 Å². The van der Waals surface area contributed by atoms with Crippen molar-refractivity contribution >= 4 is 11.9 Å². The minimum absolute atomic E-state index is 0.0996. The van der Waals surface area contributed by atoms with Crippen LogP contribution in [0, 0.1) is 16.7 Å². The number of rotatable bonds is 3. The molecule has 5 nitrogen and oxygen atoms in total. The summed E-state index contributed by atoms with van der Waals surface area (Å²) >= 11 is 0. The monoisotopic (exact) mass is 342 g/mol. The second-order valence-electron chi connectivity index (χ2n) is 7.56. The third-order valence-corrected chi connectivity index (χ3v) is 4.46. The maximum atomic E-state index is 12.8. The van der Waals surface area contributed by atoms with Crippen molar-refractivity contribution in [1.29, 1.82) is 5.26 Å².